The Kier molecular flexibility index (Phi) is 5.77. The summed E-state index contributed by atoms with van der Waals surface area (Å²) in [5.74, 6) is 0. The number of aliphatic hydroxyl groups is 1. The molecule has 0 spiro atoms. The molecule has 0 saturated carbocycles. The van der Waals surface area contributed by atoms with Crippen LogP contribution in [0.5, 0.6) is 0 Å². The Morgan fingerprint density at radius 1 is 0.957 bits per heavy atom. The summed E-state index contributed by atoms with van der Waals surface area (Å²) in [4.78, 5) is 11.8. The van der Waals surface area contributed by atoms with Gasteiger partial charge in [-0.1, -0.05) is 54.6 Å². The smallest absolute Gasteiger partial charge is 0.315 e. The lowest BCUT2D eigenvalue weighted by atomic mass is 9.97. The Morgan fingerprint density at radius 2 is 1.61 bits per heavy atom. The van der Waals surface area contributed by atoms with Gasteiger partial charge in [0.25, 0.3) is 0 Å². The van der Waals surface area contributed by atoms with E-state index in [1.165, 1.54) is 5.56 Å². The number of urea groups is 1. The summed E-state index contributed by atoms with van der Waals surface area (Å²) < 4.78 is 0. The molecule has 2 aromatic carbocycles. The number of rotatable bonds is 6. The first kappa shape index (κ1) is 17.0. The van der Waals surface area contributed by atoms with Crippen molar-refractivity contribution in [2.45, 2.75) is 32.4 Å². The molecule has 0 aliphatic carbocycles. The monoisotopic (exact) mass is 312 g/mol. The van der Waals surface area contributed by atoms with Crippen molar-refractivity contribution in [2.24, 2.45) is 0 Å². The summed E-state index contributed by atoms with van der Waals surface area (Å²) >= 11 is 0. The van der Waals surface area contributed by atoms with Gasteiger partial charge in [-0.25, -0.2) is 4.79 Å². The van der Waals surface area contributed by atoms with Crippen molar-refractivity contribution < 1.29 is 9.90 Å². The zero-order valence-electron chi connectivity index (χ0n) is 13.7. The highest BCUT2D eigenvalue weighted by Crippen LogP contribution is 2.19. The molecule has 0 unspecified atom stereocenters. The molecule has 23 heavy (non-hydrogen) atoms. The van der Waals surface area contributed by atoms with Crippen LogP contribution in [0.1, 0.15) is 30.5 Å². The first-order valence-electron chi connectivity index (χ1n) is 7.82. The molecule has 4 nitrogen and oxygen atoms in total. The van der Waals surface area contributed by atoms with Gasteiger partial charge in [0, 0.05) is 13.1 Å². The van der Waals surface area contributed by atoms with Gasteiger partial charge < -0.3 is 15.7 Å². The summed E-state index contributed by atoms with van der Waals surface area (Å²) in [6.07, 6.45) is 0.814. The highest BCUT2D eigenvalue weighted by atomic mass is 16.3. The maximum Gasteiger partial charge on any atom is 0.315 e. The summed E-state index contributed by atoms with van der Waals surface area (Å²) in [5.41, 5.74) is 2.21. The second-order valence-corrected chi connectivity index (χ2v) is 6.10. The van der Waals surface area contributed by atoms with Crippen LogP contribution in [-0.4, -0.2) is 17.7 Å². The third-order valence-corrected chi connectivity index (χ3v) is 3.66. The van der Waals surface area contributed by atoms with Crippen molar-refractivity contribution in [3.63, 3.8) is 0 Å². The molecule has 0 aromatic heterocycles. The lowest BCUT2D eigenvalue weighted by Gasteiger charge is -2.18. The van der Waals surface area contributed by atoms with E-state index < -0.39 is 5.60 Å². The maximum atomic E-state index is 11.8. The van der Waals surface area contributed by atoms with E-state index in [2.05, 4.69) is 10.6 Å². The zero-order valence-corrected chi connectivity index (χ0v) is 13.7. The molecule has 0 atom stereocenters. The average Bonchev–Trinajstić information content (AvgIpc) is 2.53. The second-order valence-electron chi connectivity index (χ2n) is 6.10. The molecule has 0 fully saturated rings. The Morgan fingerprint density at radius 3 is 2.22 bits per heavy atom. The number of nitrogens with one attached hydrogen (secondary N) is 2. The first-order chi connectivity index (χ1) is 10.9. The Hall–Kier alpha value is -2.33. The van der Waals surface area contributed by atoms with E-state index in [9.17, 15) is 9.90 Å². The highest BCUT2D eigenvalue weighted by Gasteiger charge is 2.15. The van der Waals surface area contributed by atoms with Crippen LogP contribution in [-0.2, 0) is 18.6 Å². The first-order valence-corrected chi connectivity index (χ1v) is 7.82. The molecule has 122 valence electrons. The van der Waals surface area contributed by atoms with Crippen LogP contribution in [0.15, 0.2) is 54.6 Å². The van der Waals surface area contributed by atoms with Gasteiger partial charge in [-0.05, 0) is 37.0 Å². The van der Waals surface area contributed by atoms with E-state index >= 15 is 0 Å². The molecule has 3 N–H and O–H groups in total. The van der Waals surface area contributed by atoms with Gasteiger partial charge in [0.1, 0.15) is 0 Å². The van der Waals surface area contributed by atoms with E-state index in [1.54, 1.807) is 13.8 Å². The molecule has 0 radical (unpaired) electrons. The fourth-order valence-electron chi connectivity index (χ4n) is 2.24. The number of benzene rings is 2. The van der Waals surface area contributed by atoms with E-state index in [0.29, 0.717) is 13.1 Å². The van der Waals surface area contributed by atoms with Crippen molar-refractivity contribution >= 4 is 6.03 Å². The number of carbonyl (C=O) groups is 1. The van der Waals surface area contributed by atoms with Gasteiger partial charge in [-0.2, -0.15) is 0 Å². The topological polar surface area (TPSA) is 61.4 Å². The second kappa shape index (κ2) is 7.79. The van der Waals surface area contributed by atoms with Crippen LogP contribution in [0.3, 0.4) is 0 Å². The van der Waals surface area contributed by atoms with Gasteiger partial charge in [0.15, 0.2) is 0 Å². The van der Waals surface area contributed by atoms with Crippen LogP contribution >= 0.6 is 0 Å². The predicted octanol–water partition coefficient (Wildman–Crippen LogP) is 2.96. The van der Waals surface area contributed by atoms with Gasteiger partial charge in [-0.3, -0.25) is 0 Å². The molecular formula is C19H24N2O2. The maximum absolute atomic E-state index is 11.8. The molecular weight excluding hydrogens is 288 g/mol. The van der Waals surface area contributed by atoms with E-state index in [4.69, 9.17) is 0 Å². The molecule has 2 rings (SSSR count). The van der Waals surface area contributed by atoms with Crippen LogP contribution in [0.2, 0.25) is 0 Å². The Balaban J connectivity index is 1.72. The zero-order chi connectivity index (χ0) is 16.7. The van der Waals surface area contributed by atoms with Crippen molar-refractivity contribution in [2.75, 3.05) is 6.54 Å². The van der Waals surface area contributed by atoms with E-state index in [-0.39, 0.29) is 6.03 Å². The third kappa shape index (κ3) is 5.75. The minimum atomic E-state index is -0.846. The van der Waals surface area contributed by atoms with E-state index in [0.717, 1.165) is 17.5 Å². The van der Waals surface area contributed by atoms with E-state index in [1.807, 2.05) is 54.6 Å². The fraction of sp³-hybridized carbons (Fsp3) is 0.316. The Bertz CT molecular complexity index is 616. The Labute approximate surface area is 137 Å². The summed E-state index contributed by atoms with van der Waals surface area (Å²) in [6, 6.07) is 17.5. The van der Waals surface area contributed by atoms with Crippen LogP contribution in [0.4, 0.5) is 4.79 Å². The minimum absolute atomic E-state index is 0.174. The largest absolute Gasteiger partial charge is 0.386 e. The van der Waals surface area contributed by atoms with Gasteiger partial charge in [0.05, 0.1) is 5.60 Å². The molecule has 0 saturated heterocycles. The van der Waals surface area contributed by atoms with Gasteiger partial charge in [-0.15, -0.1) is 0 Å². The lowest BCUT2D eigenvalue weighted by Crippen LogP contribution is -2.36. The molecule has 0 bridgehead atoms. The number of amides is 2. The van der Waals surface area contributed by atoms with Crippen LogP contribution in [0, 0.1) is 0 Å². The summed E-state index contributed by atoms with van der Waals surface area (Å²) in [5, 5.41) is 15.6. The standard InChI is InChI=1S/C19H24N2O2/c1-19(2,23)17-10-8-16(9-11-17)14-21-18(22)20-13-12-15-6-4-3-5-7-15/h3-11,23H,12-14H2,1-2H3,(H2,20,21,22). The van der Waals surface area contributed by atoms with Crippen molar-refractivity contribution in [3.8, 4) is 0 Å². The lowest BCUT2D eigenvalue weighted by molar-refractivity contribution is 0.0786. The van der Waals surface area contributed by atoms with Gasteiger partial charge >= 0.3 is 6.03 Å². The SMILES string of the molecule is CC(C)(O)c1ccc(CNC(=O)NCCc2ccccc2)cc1. The molecule has 4 heteroatoms. The summed E-state index contributed by atoms with van der Waals surface area (Å²) in [6.45, 7) is 4.57. The fourth-order valence-corrected chi connectivity index (χ4v) is 2.24. The predicted molar refractivity (Wildman–Crippen MR) is 92.1 cm³/mol. The third-order valence-electron chi connectivity index (χ3n) is 3.66. The molecule has 2 amide bonds. The van der Waals surface area contributed by atoms with Crippen LogP contribution < -0.4 is 10.6 Å². The van der Waals surface area contributed by atoms with Crippen molar-refractivity contribution in [3.05, 3.63) is 71.3 Å². The van der Waals surface area contributed by atoms with Gasteiger partial charge in [0.2, 0.25) is 0 Å². The number of hydrogen-bond acceptors (Lipinski definition) is 2. The van der Waals surface area contributed by atoms with Crippen molar-refractivity contribution in [1.29, 1.82) is 0 Å². The quantitative estimate of drug-likeness (QED) is 0.768. The molecule has 0 aliphatic rings. The normalized spacial score (nSPS) is 11.1. The molecule has 0 heterocycles. The molecule has 2 aromatic rings. The number of hydrogen-bond donors (Lipinski definition) is 3. The highest BCUT2D eigenvalue weighted by molar-refractivity contribution is 5.73. The number of carbonyl (C=O) groups excluding carboxylic acids is 1. The molecule has 0 aliphatic heterocycles. The van der Waals surface area contributed by atoms with Crippen molar-refractivity contribution in [1.82, 2.24) is 10.6 Å². The minimum Gasteiger partial charge on any atom is -0.386 e. The summed E-state index contributed by atoms with van der Waals surface area (Å²) in [7, 11) is 0. The van der Waals surface area contributed by atoms with Crippen LogP contribution in [0.25, 0.3) is 0 Å². The average molecular weight is 312 g/mol.